The molecule has 0 fully saturated rings. The number of thioether (sulfide) groups is 1. The van der Waals surface area contributed by atoms with E-state index in [4.69, 9.17) is 21.1 Å². The summed E-state index contributed by atoms with van der Waals surface area (Å²) in [7, 11) is 2.90. The molecular formula is C23H25ClN4O4S2. The number of nitrogens with zero attached hydrogens (tertiary/aromatic N) is 3. The van der Waals surface area contributed by atoms with Crippen LogP contribution in [0.25, 0.3) is 11.4 Å². The number of methoxy groups -OCH3 is 2. The molecule has 34 heavy (non-hydrogen) atoms. The van der Waals surface area contributed by atoms with Crippen molar-refractivity contribution in [2.45, 2.75) is 32.0 Å². The first-order valence-electron chi connectivity index (χ1n) is 10.4. The third-order valence-corrected chi connectivity index (χ3v) is 7.23. The van der Waals surface area contributed by atoms with Gasteiger partial charge >= 0.3 is 5.97 Å². The van der Waals surface area contributed by atoms with Gasteiger partial charge in [-0.05, 0) is 37.1 Å². The number of anilines is 1. The smallest absolute Gasteiger partial charge is 0.341 e. The van der Waals surface area contributed by atoms with Crippen molar-refractivity contribution < 1.29 is 19.1 Å². The summed E-state index contributed by atoms with van der Waals surface area (Å²) in [6, 6.07) is 5.25. The van der Waals surface area contributed by atoms with E-state index in [0.717, 1.165) is 10.4 Å². The maximum Gasteiger partial charge on any atom is 0.341 e. The molecule has 0 bridgehead atoms. The lowest BCUT2D eigenvalue weighted by Gasteiger charge is -2.11. The number of esters is 1. The van der Waals surface area contributed by atoms with Crippen LogP contribution in [-0.4, -0.2) is 46.6 Å². The molecule has 0 aliphatic carbocycles. The number of aromatic nitrogens is 3. The summed E-state index contributed by atoms with van der Waals surface area (Å²) in [6.07, 6.45) is 2.38. The lowest BCUT2D eigenvalue weighted by molar-refractivity contribution is -0.113. The van der Waals surface area contributed by atoms with Crippen LogP contribution in [0.3, 0.4) is 0 Å². The maximum atomic E-state index is 12.8. The van der Waals surface area contributed by atoms with Crippen molar-refractivity contribution in [2.24, 2.45) is 0 Å². The predicted octanol–water partition coefficient (Wildman–Crippen LogP) is 5.24. The number of halogens is 1. The number of allylic oxidation sites excluding steroid dienone is 1. The SMILES string of the molecule is C=CCn1c(SCC(=O)Nc2sc(C)c(CC)c2C(=O)OC)nnc1-c1cc(Cl)ccc1OC. The van der Waals surface area contributed by atoms with Crippen molar-refractivity contribution in [2.75, 3.05) is 25.3 Å². The lowest BCUT2D eigenvalue weighted by atomic mass is 10.1. The summed E-state index contributed by atoms with van der Waals surface area (Å²) in [4.78, 5) is 26.0. The Hall–Kier alpha value is -2.82. The van der Waals surface area contributed by atoms with Gasteiger partial charge in [-0.15, -0.1) is 28.1 Å². The Morgan fingerprint density at radius 2 is 2.09 bits per heavy atom. The first kappa shape index (κ1) is 25.8. The number of rotatable bonds is 10. The average molecular weight is 521 g/mol. The fraction of sp³-hybridized carbons (Fsp3) is 0.304. The zero-order valence-electron chi connectivity index (χ0n) is 19.3. The van der Waals surface area contributed by atoms with Crippen molar-refractivity contribution in [3.8, 4) is 17.1 Å². The van der Waals surface area contributed by atoms with E-state index in [1.165, 1.54) is 30.2 Å². The highest BCUT2D eigenvalue weighted by atomic mass is 35.5. The molecule has 0 aliphatic heterocycles. The molecular weight excluding hydrogens is 496 g/mol. The van der Waals surface area contributed by atoms with E-state index in [-0.39, 0.29) is 11.7 Å². The Balaban J connectivity index is 1.82. The van der Waals surface area contributed by atoms with Crippen LogP contribution in [0.4, 0.5) is 5.00 Å². The summed E-state index contributed by atoms with van der Waals surface area (Å²) < 4.78 is 12.2. The van der Waals surface area contributed by atoms with Gasteiger partial charge in [-0.3, -0.25) is 9.36 Å². The number of aryl methyl sites for hydroxylation is 1. The fourth-order valence-corrected chi connectivity index (χ4v) is 5.52. The van der Waals surface area contributed by atoms with Crippen LogP contribution in [0.2, 0.25) is 5.02 Å². The molecule has 1 aromatic carbocycles. The molecule has 0 saturated heterocycles. The standard InChI is InChI=1S/C23H25ClN4O4S2/c1-6-10-28-20(16-11-14(24)8-9-17(16)31-4)26-27-23(28)33-12-18(29)25-21-19(22(30)32-5)15(7-2)13(3)34-21/h6,8-9,11H,1,7,10,12H2,2-5H3,(H,25,29). The van der Waals surface area contributed by atoms with E-state index in [2.05, 4.69) is 22.1 Å². The van der Waals surface area contributed by atoms with Crippen LogP contribution in [-0.2, 0) is 22.5 Å². The van der Waals surface area contributed by atoms with Crippen LogP contribution in [0.15, 0.2) is 36.0 Å². The summed E-state index contributed by atoms with van der Waals surface area (Å²) in [5.41, 5.74) is 1.98. The van der Waals surface area contributed by atoms with E-state index in [1.807, 2.05) is 18.4 Å². The van der Waals surface area contributed by atoms with E-state index in [1.54, 1.807) is 31.4 Å². The second-order valence-corrected chi connectivity index (χ2v) is 9.68. The summed E-state index contributed by atoms with van der Waals surface area (Å²) >= 11 is 8.78. The van der Waals surface area contributed by atoms with Crippen LogP contribution >= 0.6 is 34.7 Å². The van der Waals surface area contributed by atoms with Gasteiger partial charge in [0.2, 0.25) is 5.91 Å². The number of benzene rings is 1. The zero-order chi connectivity index (χ0) is 24.8. The number of hydrogen-bond acceptors (Lipinski definition) is 8. The second kappa shape index (κ2) is 11.5. The predicted molar refractivity (Wildman–Crippen MR) is 136 cm³/mol. The molecule has 0 unspecified atom stereocenters. The molecule has 8 nitrogen and oxygen atoms in total. The monoisotopic (exact) mass is 520 g/mol. The highest BCUT2D eigenvalue weighted by Crippen LogP contribution is 2.35. The van der Waals surface area contributed by atoms with E-state index in [9.17, 15) is 9.59 Å². The third-order valence-electron chi connectivity index (χ3n) is 4.97. The van der Waals surface area contributed by atoms with Crippen LogP contribution in [0.5, 0.6) is 5.75 Å². The molecule has 0 radical (unpaired) electrons. The van der Waals surface area contributed by atoms with Gasteiger partial charge in [0.15, 0.2) is 11.0 Å². The highest BCUT2D eigenvalue weighted by molar-refractivity contribution is 7.99. The summed E-state index contributed by atoms with van der Waals surface area (Å²) in [5, 5.41) is 13.0. The van der Waals surface area contributed by atoms with Gasteiger partial charge in [-0.1, -0.05) is 36.4 Å². The Bertz CT molecular complexity index is 1220. The number of ether oxygens (including phenoxy) is 2. The molecule has 2 heterocycles. The van der Waals surface area contributed by atoms with Gasteiger partial charge in [-0.25, -0.2) is 4.79 Å². The Morgan fingerprint density at radius 3 is 2.74 bits per heavy atom. The van der Waals surface area contributed by atoms with Gasteiger partial charge in [0, 0.05) is 16.4 Å². The average Bonchev–Trinajstić information content (AvgIpc) is 3.36. The van der Waals surface area contributed by atoms with Crippen molar-refractivity contribution in [1.29, 1.82) is 0 Å². The van der Waals surface area contributed by atoms with Crippen molar-refractivity contribution in [1.82, 2.24) is 14.8 Å². The first-order chi connectivity index (χ1) is 16.3. The molecule has 3 aromatic rings. The quantitative estimate of drug-likeness (QED) is 0.222. The number of amides is 1. The molecule has 0 saturated carbocycles. The lowest BCUT2D eigenvalue weighted by Crippen LogP contribution is -2.16. The van der Waals surface area contributed by atoms with Crippen LogP contribution in [0.1, 0.15) is 27.7 Å². The van der Waals surface area contributed by atoms with Crippen LogP contribution < -0.4 is 10.1 Å². The van der Waals surface area contributed by atoms with Gasteiger partial charge in [0.25, 0.3) is 0 Å². The normalized spacial score (nSPS) is 10.7. The molecule has 0 atom stereocenters. The second-order valence-electron chi connectivity index (χ2n) is 7.07. The molecule has 0 aliphatic rings. The molecule has 0 spiro atoms. The molecule has 2 aromatic heterocycles. The first-order valence-corrected chi connectivity index (χ1v) is 12.5. The topological polar surface area (TPSA) is 95.3 Å². The zero-order valence-corrected chi connectivity index (χ0v) is 21.7. The van der Waals surface area contributed by atoms with Gasteiger partial charge in [0.1, 0.15) is 10.8 Å². The Labute approximate surface area is 211 Å². The maximum absolute atomic E-state index is 12.8. The largest absolute Gasteiger partial charge is 0.496 e. The Morgan fingerprint density at radius 1 is 1.32 bits per heavy atom. The van der Waals surface area contributed by atoms with Gasteiger partial charge in [0.05, 0.1) is 31.1 Å². The molecule has 180 valence electrons. The summed E-state index contributed by atoms with van der Waals surface area (Å²) in [6.45, 7) is 8.12. The van der Waals surface area contributed by atoms with Crippen LogP contribution in [0, 0.1) is 6.92 Å². The number of hydrogen-bond donors (Lipinski definition) is 1. The Kier molecular flexibility index (Phi) is 8.76. The van der Waals surface area contributed by atoms with Crippen molar-refractivity contribution in [3.63, 3.8) is 0 Å². The number of carbonyl (C=O) groups excluding carboxylic acids is 2. The molecule has 3 rings (SSSR count). The minimum atomic E-state index is -0.463. The minimum absolute atomic E-state index is 0.0704. The fourth-order valence-electron chi connectivity index (χ4n) is 3.45. The minimum Gasteiger partial charge on any atom is -0.496 e. The molecule has 1 N–H and O–H groups in total. The number of thiophene rings is 1. The van der Waals surface area contributed by atoms with E-state index >= 15 is 0 Å². The van der Waals surface area contributed by atoms with Crippen molar-refractivity contribution in [3.05, 3.63) is 51.9 Å². The van der Waals surface area contributed by atoms with Crippen molar-refractivity contribution >= 4 is 51.6 Å². The number of carbonyl (C=O) groups is 2. The molecule has 11 heteroatoms. The summed E-state index contributed by atoms with van der Waals surface area (Å²) in [5.74, 6) is 0.494. The van der Waals surface area contributed by atoms with Gasteiger partial charge in [-0.2, -0.15) is 0 Å². The van der Waals surface area contributed by atoms with E-state index in [0.29, 0.717) is 50.8 Å². The van der Waals surface area contributed by atoms with E-state index < -0.39 is 5.97 Å². The highest BCUT2D eigenvalue weighted by Gasteiger charge is 2.24. The third kappa shape index (κ3) is 5.45. The number of nitrogens with one attached hydrogen (secondary N) is 1. The molecule has 1 amide bonds. The van der Waals surface area contributed by atoms with Gasteiger partial charge < -0.3 is 14.8 Å².